The van der Waals surface area contributed by atoms with Gasteiger partial charge < -0.3 is 15.4 Å². The number of nitrogens with zero attached hydrogens (tertiary/aromatic N) is 2. The van der Waals surface area contributed by atoms with Crippen LogP contribution in [0.1, 0.15) is 38.2 Å². The van der Waals surface area contributed by atoms with E-state index < -0.39 is 12.1 Å². The summed E-state index contributed by atoms with van der Waals surface area (Å²) in [6, 6.07) is 6.56. The lowest BCUT2D eigenvalue weighted by atomic mass is 10.1. The zero-order valence-electron chi connectivity index (χ0n) is 17.1. The molecule has 8 nitrogen and oxygen atoms in total. The molecule has 2 aliphatic rings. The lowest BCUT2D eigenvalue weighted by molar-refractivity contribution is -0.128. The zero-order chi connectivity index (χ0) is 20.8. The van der Waals surface area contributed by atoms with E-state index in [9.17, 15) is 14.4 Å². The van der Waals surface area contributed by atoms with Crippen molar-refractivity contribution in [3.8, 4) is 5.75 Å². The maximum Gasteiger partial charge on any atom is 0.325 e. The monoisotopic (exact) mass is 402 g/mol. The summed E-state index contributed by atoms with van der Waals surface area (Å²) in [5.41, 5.74) is 0.838. The van der Waals surface area contributed by atoms with Gasteiger partial charge in [-0.2, -0.15) is 0 Å². The van der Waals surface area contributed by atoms with Gasteiger partial charge in [0.05, 0.1) is 13.7 Å². The van der Waals surface area contributed by atoms with Crippen molar-refractivity contribution in [3.63, 3.8) is 0 Å². The van der Waals surface area contributed by atoms with Crippen LogP contribution in [0.2, 0.25) is 0 Å². The summed E-state index contributed by atoms with van der Waals surface area (Å²) in [7, 11) is 1.58. The Labute approximate surface area is 171 Å². The first-order chi connectivity index (χ1) is 14.0. The molecule has 3 rings (SSSR count). The number of likely N-dealkylation sites (tertiary alicyclic amines) is 1. The van der Waals surface area contributed by atoms with Gasteiger partial charge in [-0.1, -0.05) is 19.1 Å². The molecule has 2 N–H and O–H groups in total. The third kappa shape index (κ3) is 5.26. The molecule has 2 atom stereocenters. The van der Waals surface area contributed by atoms with Crippen molar-refractivity contribution in [2.75, 3.05) is 26.7 Å². The van der Waals surface area contributed by atoms with Crippen molar-refractivity contribution in [3.05, 3.63) is 29.8 Å². The Hall–Kier alpha value is -2.61. The minimum absolute atomic E-state index is 0.0800. The minimum Gasteiger partial charge on any atom is -0.497 e. The summed E-state index contributed by atoms with van der Waals surface area (Å²) in [6.07, 6.45) is 2.79. The van der Waals surface area contributed by atoms with E-state index in [0.29, 0.717) is 19.0 Å². The first-order valence-electron chi connectivity index (χ1n) is 10.3. The molecular formula is C21H30N4O4. The largest absolute Gasteiger partial charge is 0.497 e. The summed E-state index contributed by atoms with van der Waals surface area (Å²) < 4.78 is 5.12. The topological polar surface area (TPSA) is 91.0 Å². The molecule has 2 aliphatic heterocycles. The second kappa shape index (κ2) is 9.73. The highest BCUT2D eigenvalue weighted by Gasteiger charge is 2.37. The Morgan fingerprint density at radius 3 is 2.72 bits per heavy atom. The Bertz CT molecular complexity index is 737. The van der Waals surface area contributed by atoms with Crippen LogP contribution in [0.25, 0.3) is 0 Å². The molecule has 29 heavy (non-hydrogen) atoms. The van der Waals surface area contributed by atoms with Gasteiger partial charge >= 0.3 is 6.03 Å². The molecule has 0 bridgehead atoms. The number of hydrogen-bond acceptors (Lipinski definition) is 5. The van der Waals surface area contributed by atoms with Gasteiger partial charge in [-0.15, -0.1) is 0 Å². The van der Waals surface area contributed by atoms with E-state index in [0.717, 1.165) is 30.8 Å². The lowest BCUT2D eigenvalue weighted by Crippen LogP contribution is -2.40. The van der Waals surface area contributed by atoms with Gasteiger partial charge in [0.2, 0.25) is 5.91 Å². The van der Waals surface area contributed by atoms with Crippen molar-refractivity contribution in [2.45, 2.75) is 51.2 Å². The molecule has 8 heteroatoms. The van der Waals surface area contributed by atoms with E-state index in [-0.39, 0.29) is 24.8 Å². The molecule has 4 amide bonds. The Morgan fingerprint density at radius 1 is 1.28 bits per heavy atom. The molecule has 1 aromatic rings. The summed E-state index contributed by atoms with van der Waals surface area (Å²) >= 11 is 0. The number of nitrogens with one attached hydrogen (secondary N) is 2. The van der Waals surface area contributed by atoms with Crippen LogP contribution in [0, 0.1) is 0 Å². The molecule has 0 aliphatic carbocycles. The lowest BCUT2D eigenvalue weighted by Gasteiger charge is -2.22. The van der Waals surface area contributed by atoms with Crippen molar-refractivity contribution in [2.24, 2.45) is 0 Å². The third-order valence-corrected chi connectivity index (χ3v) is 5.71. The van der Waals surface area contributed by atoms with Crippen molar-refractivity contribution in [1.82, 2.24) is 20.4 Å². The van der Waals surface area contributed by atoms with Crippen LogP contribution < -0.4 is 15.4 Å². The number of likely N-dealkylation sites (N-methyl/N-ethyl adjacent to an activating group) is 1. The summed E-state index contributed by atoms with van der Waals surface area (Å²) in [5.74, 6) is 0.352. The number of amides is 4. The standard InChI is InChI=1S/C21H30N4O4/c1-3-24-12-4-5-16(24)13-22-19(26)11-10-18-20(27)25(21(28)23-18)14-15-6-8-17(29-2)9-7-15/h6-9,16,18H,3-5,10-14H2,1-2H3,(H,22,26)(H,23,28)/t16-,18+/m0/s1. The molecule has 0 saturated carbocycles. The fourth-order valence-corrected chi connectivity index (χ4v) is 3.97. The molecule has 0 unspecified atom stereocenters. The molecule has 1 aromatic carbocycles. The van der Waals surface area contributed by atoms with Crippen molar-refractivity contribution in [1.29, 1.82) is 0 Å². The molecule has 0 spiro atoms. The first-order valence-corrected chi connectivity index (χ1v) is 10.3. The maximum atomic E-state index is 12.6. The van der Waals surface area contributed by atoms with Crippen LogP contribution in [0.3, 0.4) is 0 Å². The molecule has 2 heterocycles. The Morgan fingerprint density at radius 2 is 2.03 bits per heavy atom. The normalized spacial score (nSPS) is 22.1. The number of methoxy groups -OCH3 is 1. The van der Waals surface area contributed by atoms with Crippen LogP contribution in [-0.2, 0) is 16.1 Å². The average molecular weight is 402 g/mol. The minimum atomic E-state index is -0.648. The molecule has 0 aromatic heterocycles. The van der Waals surface area contributed by atoms with E-state index in [2.05, 4.69) is 22.5 Å². The van der Waals surface area contributed by atoms with Crippen LogP contribution in [0.15, 0.2) is 24.3 Å². The smallest absolute Gasteiger partial charge is 0.325 e. The molecule has 0 radical (unpaired) electrons. The van der Waals surface area contributed by atoms with Crippen molar-refractivity contribution >= 4 is 17.8 Å². The van der Waals surface area contributed by atoms with Crippen LogP contribution in [0.5, 0.6) is 5.75 Å². The van der Waals surface area contributed by atoms with Crippen molar-refractivity contribution < 1.29 is 19.1 Å². The number of carbonyl (C=O) groups is 3. The predicted octanol–water partition coefficient (Wildman–Crippen LogP) is 1.50. The Kier molecular flexibility index (Phi) is 7.09. The van der Waals surface area contributed by atoms with Gasteiger partial charge in [-0.25, -0.2) is 4.79 Å². The number of ether oxygens (including phenoxy) is 1. The van der Waals surface area contributed by atoms with Gasteiger partial charge in [0.25, 0.3) is 5.91 Å². The fourth-order valence-electron chi connectivity index (χ4n) is 3.97. The third-order valence-electron chi connectivity index (χ3n) is 5.71. The molecule has 158 valence electrons. The van der Waals surface area contributed by atoms with Crippen LogP contribution in [-0.4, -0.2) is 66.5 Å². The second-order valence-electron chi connectivity index (χ2n) is 7.54. The molecule has 2 saturated heterocycles. The van der Waals surface area contributed by atoms with Gasteiger partial charge in [0.15, 0.2) is 0 Å². The summed E-state index contributed by atoms with van der Waals surface area (Å²) in [4.78, 5) is 40.5. The molecular weight excluding hydrogens is 372 g/mol. The van der Waals surface area contributed by atoms with E-state index in [1.54, 1.807) is 19.2 Å². The zero-order valence-corrected chi connectivity index (χ0v) is 17.1. The number of imide groups is 1. The first kappa shape index (κ1) is 21.1. The molecule has 2 fully saturated rings. The number of hydrogen-bond donors (Lipinski definition) is 2. The number of urea groups is 1. The predicted molar refractivity (Wildman–Crippen MR) is 108 cm³/mol. The van der Waals surface area contributed by atoms with E-state index in [1.165, 1.54) is 11.3 Å². The second-order valence-corrected chi connectivity index (χ2v) is 7.54. The van der Waals surface area contributed by atoms with Gasteiger partial charge in [-0.05, 0) is 50.0 Å². The highest BCUT2D eigenvalue weighted by atomic mass is 16.5. The number of carbonyl (C=O) groups excluding carboxylic acids is 3. The van der Waals surface area contributed by atoms with E-state index >= 15 is 0 Å². The quantitative estimate of drug-likeness (QED) is 0.611. The Balaban J connectivity index is 1.44. The van der Waals surface area contributed by atoms with Crippen LogP contribution in [0.4, 0.5) is 4.79 Å². The maximum absolute atomic E-state index is 12.6. The van der Waals surface area contributed by atoms with Gasteiger partial charge in [0, 0.05) is 19.0 Å². The SMILES string of the molecule is CCN1CCC[C@H]1CNC(=O)CC[C@H]1NC(=O)N(Cc2ccc(OC)cc2)C1=O. The summed E-state index contributed by atoms with van der Waals surface area (Å²) in [5, 5.41) is 5.66. The highest BCUT2D eigenvalue weighted by Crippen LogP contribution is 2.18. The number of rotatable bonds is 9. The van der Waals surface area contributed by atoms with Crippen LogP contribution >= 0.6 is 0 Å². The van der Waals surface area contributed by atoms with E-state index in [1.807, 2.05) is 12.1 Å². The average Bonchev–Trinajstić information content (AvgIpc) is 3.30. The highest BCUT2D eigenvalue weighted by molar-refractivity contribution is 6.04. The van der Waals surface area contributed by atoms with Gasteiger partial charge in [0.1, 0.15) is 11.8 Å². The fraction of sp³-hybridized carbons (Fsp3) is 0.571. The van der Waals surface area contributed by atoms with E-state index in [4.69, 9.17) is 4.74 Å². The number of benzene rings is 1. The van der Waals surface area contributed by atoms with Gasteiger partial charge in [-0.3, -0.25) is 19.4 Å². The summed E-state index contributed by atoms with van der Waals surface area (Å²) in [6.45, 7) is 5.05.